The van der Waals surface area contributed by atoms with Gasteiger partial charge in [-0.1, -0.05) is 33.6 Å². The van der Waals surface area contributed by atoms with Gasteiger partial charge in [-0.15, -0.1) is 0 Å². The van der Waals surface area contributed by atoms with Gasteiger partial charge in [0, 0.05) is 19.0 Å². The standard InChI is InChI=1S/C15H27NO/c1-4-5-6-9-16-10-12(3)13-8-7-11(2)14(13)15(16)17/h11-14H,4-10H2,1-3H3/t11-,12?,13+,14+/m0/s1. The molecule has 1 saturated carbocycles. The van der Waals surface area contributed by atoms with E-state index in [0.29, 0.717) is 29.6 Å². The Bertz CT molecular complexity index is 276. The highest BCUT2D eigenvalue weighted by Crippen LogP contribution is 2.45. The second-order valence-corrected chi connectivity index (χ2v) is 6.21. The van der Waals surface area contributed by atoms with Crippen LogP contribution in [0.25, 0.3) is 0 Å². The number of fused-ring (bicyclic) bond motifs is 1. The van der Waals surface area contributed by atoms with Crippen molar-refractivity contribution in [2.45, 2.75) is 52.9 Å². The van der Waals surface area contributed by atoms with Crippen LogP contribution in [-0.4, -0.2) is 23.9 Å². The van der Waals surface area contributed by atoms with Crippen LogP contribution in [0, 0.1) is 23.7 Å². The molecule has 0 radical (unpaired) electrons. The van der Waals surface area contributed by atoms with E-state index in [0.717, 1.165) is 13.1 Å². The van der Waals surface area contributed by atoms with Crippen LogP contribution < -0.4 is 0 Å². The summed E-state index contributed by atoms with van der Waals surface area (Å²) in [5, 5.41) is 0. The number of hydrogen-bond donors (Lipinski definition) is 0. The smallest absolute Gasteiger partial charge is 0.226 e. The minimum atomic E-state index is 0.348. The number of likely N-dealkylation sites (tertiary alicyclic amines) is 1. The van der Waals surface area contributed by atoms with Crippen molar-refractivity contribution < 1.29 is 4.79 Å². The van der Waals surface area contributed by atoms with Crippen molar-refractivity contribution in [3.8, 4) is 0 Å². The first-order valence-electron chi connectivity index (χ1n) is 7.44. The molecule has 2 heteroatoms. The highest BCUT2D eigenvalue weighted by Gasteiger charge is 2.46. The Morgan fingerprint density at radius 2 is 1.94 bits per heavy atom. The van der Waals surface area contributed by atoms with Crippen molar-refractivity contribution in [2.24, 2.45) is 23.7 Å². The predicted molar refractivity (Wildman–Crippen MR) is 70.6 cm³/mol. The van der Waals surface area contributed by atoms with Crippen LogP contribution in [0.3, 0.4) is 0 Å². The molecule has 1 saturated heterocycles. The lowest BCUT2D eigenvalue weighted by Crippen LogP contribution is -2.49. The molecule has 0 N–H and O–H groups in total. The summed E-state index contributed by atoms with van der Waals surface area (Å²) in [7, 11) is 0. The van der Waals surface area contributed by atoms with E-state index in [4.69, 9.17) is 0 Å². The molecule has 2 aliphatic rings. The Morgan fingerprint density at radius 3 is 2.65 bits per heavy atom. The third kappa shape index (κ3) is 2.51. The lowest BCUT2D eigenvalue weighted by Gasteiger charge is -2.40. The number of amides is 1. The Morgan fingerprint density at radius 1 is 1.18 bits per heavy atom. The molecule has 2 rings (SSSR count). The summed E-state index contributed by atoms with van der Waals surface area (Å²) in [6.45, 7) is 8.83. The van der Waals surface area contributed by atoms with Crippen molar-refractivity contribution in [3.05, 3.63) is 0 Å². The maximum Gasteiger partial charge on any atom is 0.226 e. The van der Waals surface area contributed by atoms with Gasteiger partial charge >= 0.3 is 0 Å². The average Bonchev–Trinajstić information content (AvgIpc) is 2.68. The molecule has 1 amide bonds. The fourth-order valence-electron chi connectivity index (χ4n) is 3.84. The van der Waals surface area contributed by atoms with Crippen molar-refractivity contribution in [3.63, 3.8) is 0 Å². The van der Waals surface area contributed by atoms with Gasteiger partial charge in [-0.2, -0.15) is 0 Å². The molecule has 1 unspecified atom stereocenters. The van der Waals surface area contributed by atoms with Crippen LogP contribution in [0.4, 0.5) is 0 Å². The second kappa shape index (κ2) is 5.41. The van der Waals surface area contributed by atoms with E-state index in [1.807, 2.05) is 0 Å². The second-order valence-electron chi connectivity index (χ2n) is 6.21. The fourth-order valence-corrected chi connectivity index (χ4v) is 3.84. The first-order chi connectivity index (χ1) is 8.15. The zero-order chi connectivity index (χ0) is 12.4. The molecule has 1 heterocycles. The molecule has 0 bridgehead atoms. The minimum Gasteiger partial charge on any atom is -0.342 e. The van der Waals surface area contributed by atoms with Crippen LogP contribution in [0.5, 0.6) is 0 Å². The normalized spacial score (nSPS) is 37.4. The van der Waals surface area contributed by atoms with Gasteiger partial charge in [0.15, 0.2) is 0 Å². The largest absolute Gasteiger partial charge is 0.342 e. The fraction of sp³-hybridized carbons (Fsp3) is 0.933. The summed E-state index contributed by atoms with van der Waals surface area (Å²) in [6.07, 6.45) is 6.21. The van der Waals surface area contributed by atoms with Crippen molar-refractivity contribution in [1.29, 1.82) is 0 Å². The molecule has 0 aromatic carbocycles. The number of carbonyl (C=O) groups is 1. The maximum atomic E-state index is 12.5. The molecule has 4 atom stereocenters. The number of carbonyl (C=O) groups excluding carboxylic acids is 1. The third-order valence-corrected chi connectivity index (χ3v) is 4.90. The first kappa shape index (κ1) is 12.9. The van der Waals surface area contributed by atoms with E-state index >= 15 is 0 Å². The van der Waals surface area contributed by atoms with E-state index in [9.17, 15) is 4.79 Å². The highest BCUT2D eigenvalue weighted by atomic mass is 16.2. The number of unbranched alkanes of at least 4 members (excludes halogenated alkanes) is 2. The molecular formula is C15H27NO. The molecule has 17 heavy (non-hydrogen) atoms. The van der Waals surface area contributed by atoms with Gasteiger partial charge in [0.2, 0.25) is 5.91 Å². The highest BCUT2D eigenvalue weighted by molar-refractivity contribution is 5.80. The van der Waals surface area contributed by atoms with Gasteiger partial charge in [-0.05, 0) is 37.0 Å². The Hall–Kier alpha value is -0.530. The van der Waals surface area contributed by atoms with Gasteiger partial charge in [0.05, 0.1) is 0 Å². The van der Waals surface area contributed by atoms with Crippen molar-refractivity contribution in [1.82, 2.24) is 4.90 Å². The monoisotopic (exact) mass is 237 g/mol. The van der Waals surface area contributed by atoms with Crippen molar-refractivity contribution >= 4 is 5.91 Å². The number of rotatable bonds is 4. The summed E-state index contributed by atoms with van der Waals surface area (Å²) in [6, 6.07) is 0. The van der Waals surface area contributed by atoms with Gasteiger partial charge in [-0.3, -0.25) is 4.79 Å². The summed E-state index contributed by atoms with van der Waals surface area (Å²) in [5.74, 6) is 2.82. The van der Waals surface area contributed by atoms with Crippen molar-refractivity contribution in [2.75, 3.05) is 13.1 Å². The maximum absolute atomic E-state index is 12.5. The quantitative estimate of drug-likeness (QED) is 0.687. The van der Waals surface area contributed by atoms with Gasteiger partial charge in [-0.25, -0.2) is 0 Å². The lowest BCUT2D eigenvalue weighted by atomic mass is 9.78. The van der Waals surface area contributed by atoms with E-state index in [1.165, 1.54) is 32.1 Å². The van der Waals surface area contributed by atoms with Crippen LogP contribution in [-0.2, 0) is 4.79 Å². The molecule has 2 nitrogen and oxygen atoms in total. The summed E-state index contributed by atoms with van der Waals surface area (Å²) < 4.78 is 0. The summed E-state index contributed by atoms with van der Waals surface area (Å²) >= 11 is 0. The molecule has 1 aliphatic heterocycles. The molecule has 1 aliphatic carbocycles. The van der Waals surface area contributed by atoms with Gasteiger partial charge in [0.1, 0.15) is 0 Å². The van der Waals surface area contributed by atoms with Gasteiger partial charge in [0.25, 0.3) is 0 Å². The van der Waals surface area contributed by atoms with Crippen LogP contribution in [0.1, 0.15) is 52.9 Å². The van der Waals surface area contributed by atoms with Crippen LogP contribution in [0.2, 0.25) is 0 Å². The number of hydrogen-bond acceptors (Lipinski definition) is 1. The minimum absolute atomic E-state index is 0.348. The lowest BCUT2D eigenvalue weighted by molar-refractivity contribution is -0.144. The molecule has 0 aromatic rings. The Labute approximate surface area is 106 Å². The molecule has 0 aromatic heterocycles. The molecule has 0 spiro atoms. The van der Waals surface area contributed by atoms with E-state index in [-0.39, 0.29) is 0 Å². The average molecular weight is 237 g/mol. The van der Waals surface area contributed by atoms with E-state index < -0.39 is 0 Å². The van der Waals surface area contributed by atoms with E-state index in [2.05, 4.69) is 25.7 Å². The SMILES string of the molecule is CCCCCN1CC(C)[C@H]2CC[C@H](C)[C@H]2C1=O. The van der Waals surface area contributed by atoms with E-state index in [1.54, 1.807) is 0 Å². The Balaban J connectivity index is 1.98. The number of piperidine rings is 1. The predicted octanol–water partition coefficient (Wildman–Crippen LogP) is 3.32. The van der Waals surface area contributed by atoms with Crippen LogP contribution in [0.15, 0.2) is 0 Å². The van der Waals surface area contributed by atoms with Crippen LogP contribution >= 0.6 is 0 Å². The zero-order valence-electron chi connectivity index (χ0n) is 11.6. The third-order valence-electron chi connectivity index (χ3n) is 4.90. The van der Waals surface area contributed by atoms with Gasteiger partial charge < -0.3 is 4.90 Å². The number of nitrogens with zero attached hydrogens (tertiary/aromatic N) is 1. The molecule has 98 valence electrons. The summed E-state index contributed by atoms with van der Waals surface area (Å²) in [5.41, 5.74) is 0. The summed E-state index contributed by atoms with van der Waals surface area (Å²) in [4.78, 5) is 14.6. The molecule has 2 fully saturated rings. The Kier molecular flexibility index (Phi) is 4.11. The molecular weight excluding hydrogens is 210 g/mol. The first-order valence-corrected chi connectivity index (χ1v) is 7.44. The zero-order valence-corrected chi connectivity index (χ0v) is 11.6. The topological polar surface area (TPSA) is 20.3 Å².